The summed E-state index contributed by atoms with van der Waals surface area (Å²) in [5.74, 6) is 2.55. The molecule has 1 aliphatic carbocycles. The first kappa shape index (κ1) is 15.3. The van der Waals surface area contributed by atoms with Gasteiger partial charge in [-0.3, -0.25) is 9.88 Å². The van der Waals surface area contributed by atoms with Crippen LogP contribution >= 0.6 is 11.3 Å². The third-order valence-electron chi connectivity index (χ3n) is 5.64. The maximum absolute atomic E-state index is 4.64. The SMILES string of the molecule is Cc1ccc(C[C@H]2CCC[C@@H]3CN(Cc4cscn4)C[C@H]23)nc1. The second kappa shape index (κ2) is 6.70. The molecule has 1 saturated heterocycles. The van der Waals surface area contributed by atoms with Crippen molar-refractivity contribution in [1.29, 1.82) is 0 Å². The van der Waals surface area contributed by atoms with Crippen molar-refractivity contribution < 1.29 is 0 Å². The molecule has 3 heterocycles. The zero-order chi connectivity index (χ0) is 15.6. The average Bonchev–Trinajstić information content (AvgIpc) is 3.19. The molecule has 1 aliphatic heterocycles. The molecule has 0 radical (unpaired) electrons. The summed E-state index contributed by atoms with van der Waals surface area (Å²) in [5, 5.41) is 2.19. The lowest BCUT2D eigenvalue weighted by atomic mass is 9.72. The molecule has 0 aromatic carbocycles. The van der Waals surface area contributed by atoms with E-state index in [9.17, 15) is 0 Å². The van der Waals surface area contributed by atoms with Gasteiger partial charge in [0.2, 0.25) is 0 Å². The van der Waals surface area contributed by atoms with Gasteiger partial charge < -0.3 is 0 Å². The molecule has 2 aliphatic rings. The highest BCUT2D eigenvalue weighted by Crippen LogP contribution is 2.41. The van der Waals surface area contributed by atoms with Gasteiger partial charge in [-0.1, -0.05) is 12.5 Å². The molecule has 3 nitrogen and oxygen atoms in total. The molecule has 0 unspecified atom stereocenters. The van der Waals surface area contributed by atoms with E-state index in [4.69, 9.17) is 0 Å². The van der Waals surface area contributed by atoms with E-state index in [0.717, 1.165) is 30.7 Å². The normalized spacial score (nSPS) is 28.0. The minimum atomic E-state index is 0.810. The summed E-state index contributed by atoms with van der Waals surface area (Å²) in [6, 6.07) is 4.42. The van der Waals surface area contributed by atoms with Gasteiger partial charge in [-0.2, -0.15) is 0 Å². The Morgan fingerprint density at radius 1 is 1.17 bits per heavy atom. The van der Waals surface area contributed by atoms with Crippen LogP contribution in [0.5, 0.6) is 0 Å². The number of fused-ring (bicyclic) bond motifs is 1. The minimum absolute atomic E-state index is 0.810. The van der Waals surface area contributed by atoms with Crippen molar-refractivity contribution in [2.45, 2.75) is 39.2 Å². The van der Waals surface area contributed by atoms with Crippen LogP contribution in [-0.4, -0.2) is 28.0 Å². The Balaban J connectivity index is 1.42. The molecule has 4 rings (SSSR count). The highest BCUT2D eigenvalue weighted by molar-refractivity contribution is 7.07. The maximum Gasteiger partial charge on any atom is 0.0795 e. The van der Waals surface area contributed by atoms with Crippen LogP contribution in [0.1, 0.15) is 36.2 Å². The Morgan fingerprint density at radius 3 is 2.91 bits per heavy atom. The van der Waals surface area contributed by atoms with Gasteiger partial charge in [0.15, 0.2) is 0 Å². The van der Waals surface area contributed by atoms with E-state index >= 15 is 0 Å². The molecular weight excluding hydrogens is 302 g/mol. The van der Waals surface area contributed by atoms with Crippen LogP contribution < -0.4 is 0 Å². The summed E-state index contributed by atoms with van der Waals surface area (Å²) in [6.45, 7) is 5.66. The molecule has 4 heteroatoms. The summed E-state index contributed by atoms with van der Waals surface area (Å²) in [7, 11) is 0. The van der Waals surface area contributed by atoms with Crippen LogP contribution in [0.2, 0.25) is 0 Å². The van der Waals surface area contributed by atoms with Crippen molar-refractivity contribution in [2.75, 3.05) is 13.1 Å². The first-order valence-corrected chi connectivity index (χ1v) is 9.73. The summed E-state index contributed by atoms with van der Waals surface area (Å²) in [4.78, 5) is 11.7. The molecule has 23 heavy (non-hydrogen) atoms. The number of pyridine rings is 1. The highest BCUT2D eigenvalue weighted by Gasteiger charge is 2.40. The number of rotatable bonds is 4. The van der Waals surface area contributed by atoms with E-state index in [-0.39, 0.29) is 0 Å². The molecule has 0 bridgehead atoms. The zero-order valence-corrected chi connectivity index (χ0v) is 14.6. The number of likely N-dealkylation sites (tertiary alicyclic amines) is 1. The van der Waals surface area contributed by atoms with Gasteiger partial charge in [-0.05, 0) is 55.6 Å². The lowest BCUT2D eigenvalue weighted by Gasteiger charge is -2.33. The van der Waals surface area contributed by atoms with Crippen molar-refractivity contribution in [3.05, 3.63) is 46.2 Å². The maximum atomic E-state index is 4.64. The van der Waals surface area contributed by atoms with E-state index in [1.54, 1.807) is 11.3 Å². The highest BCUT2D eigenvalue weighted by atomic mass is 32.1. The predicted molar refractivity (Wildman–Crippen MR) is 94.4 cm³/mol. The Labute approximate surface area is 142 Å². The standard InChI is InChI=1S/C19H25N3S/c1-14-5-6-17(20-8-14)7-15-3-2-4-16-9-22(11-19(15)16)10-18-12-23-13-21-18/h5-6,8,12-13,15-16,19H,2-4,7,9-11H2,1H3/t15-,16-,19-/m1/s1. The topological polar surface area (TPSA) is 29.0 Å². The first-order chi connectivity index (χ1) is 11.3. The van der Waals surface area contributed by atoms with Crippen LogP contribution in [0.3, 0.4) is 0 Å². The fourth-order valence-electron chi connectivity index (χ4n) is 4.50. The van der Waals surface area contributed by atoms with E-state index in [2.05, 4.69) is 39.3 Å². The van der Waals surface area contributed by atoms with Crippen LogP contribution in [-0.2, 0) is 13.0 Å². The number of thiazole rings is 1. The number of hydrogen-bond donors (Lipinski definition) is 0. The van der Waals surface area contributed by atoms with Gasteiger partial charge in [-0.15, -0.1) is 11.3 Å². The van der Waals surface area contributed by atoms with Crippen molar-refractivity contribution in [2.24, 2.45) is 17.8 Å². The third-order valence-corrected chi connectivity index (χ3v) is 6.27. The predicted octanol–water partition coefficient (Wildman–Crippen LogP) is 3.94. The second-order valence-corrected chi connectivity index (χ2v) is 8.04. The Kier molecular flexibility index (Phi) is 4.45. The number of hydrogen-bond acceptors (Lipinski definition) is 4. The quantitative estimate of drug-likeness (QED) is 0.852. The van der Waals surface area contributed by atoms with E-state index in [1.165, 1.54) is 49.3 Å². The molecule has 3 atom stereocenters. The van der Waals surface area contributed by atoms with E-state index < -0.39 is 0 Å². The molecule has 2 aromatic heterocycles. The lowest BCUT2D eigenvalue weighted by Crippen LogP contribution is -2.29. The molecule has 2 aromatic rings. The summed E-state index contributed by atoms with van der Waals surface area (Å²) in [6.07, 6.45) is 7.35. The van der Waals surface area contributed by atoms with Gasteiger partial charge in [0.25, 0.3) is 0 Å². The summed E-state index contributed by atoms with van der Waals surface area (Å²) in [5.41, 5.74) is 5.72. The largest absolute Gasteiger partial charge is 0.297 e. The molecule has 0 amide bonds. The summed E-state index contributed by atoms with van der Waals surface area (Å²) >= 11 is 1.71. The average molecular weight is 327 g/mol. The van der Waals surface area contributed by atoms with Crippen LogP contribution in [0.15, 0.2) is 29.2 Å². The second-order valence-electron chi connectivity index (χ2n) is 7.32. The van der Waals surface area contributed by atoms with Crippen molar-refractivity contribution in [3.63, 3.8) is 0 Å². The van der Waals surface area contributed by atoms with Crippen molar-refractivity contribution in [3.8, 4) is 0 Å². The zero-order valence-electron chi connectivity index (χ0n) is 13.8. The van der Waals surface area contributed by atoms with Crippen LogP contribution in [0.4, 0.5) is 0 Å². The lowest BCUT2D eigenvalue weighted by molar-refractivity contribution is 0.195. The van der Waals surface area contributed by atoms with Crippen molar-refractivity contribution >= 4 is 11.3 Å². The Hall–Kier alpha value is -1.26. The Morgan fingerprint density at radius 2 is 2.13 bits per heavy atom. The van der Waals surface area contributed by atoms with Gasteiger partial charge in [-0.25, -0.2) is 4.98 Å². The van der Waals surface area contributed by atoms with Crippen LogP contribution in [0.25, 0.3) is 0 Å². The third kappa shape index (κ3) is 3.48. The van der Waals surface area contributed by atoms with Gasteiger partial charge >= 0.3 is 0 Å². The van der Waals surface area contributed by atoms with E-state index in [1.807, 2.05) is 11.7 Å². The van der Waals surface area contributed by atoms with E-state index in [0.29, 0.717) is 0 Å². The van der Waals surface area contributed by atoms with Gasteiger partial charge in [0.1, 0.15) is 0 Å². The fourth-order valence-corrected chi connectivity index (χ4v) is 5.05. The molecule has 1 saturated carbocycles. The molecule has 0 N–H and O–H groups in total. The Bertz CT molecular complexity index is 623. The number of nitrogens with zero attached hydrogens (tertiary/aromatic N) is 3. The first-order valence-electron chi connectivity index (χ1n) is 8.79. The molecular formula is C19H25N3S. The number of aryl methyl sites for hydroxylation is 1. The van der Waals surface area contributed by atoms with Crippen LogP contribution in [0, 0.1) is 24.7 Å². The minimum Gasteiger partial charge on any atom is -0.297 e. The summed E-state index contributed by atoms with van der Waals surface area (Å²) < 4.78 is 0. The van der Waals surface area contributed by atoms with Gasteiger partial charge in [0.05, 0.1) is 11.2 Å². The van der Waals surface area contributed by atoms with Gasteiger partial charge in [0, 0.05) is 36.9 Å². The fraction of sp³-hybridized carbons (Fsp3) is 0.579. The number of aromatic nitrogens is 2. The molecule has 2 fully saturated rings. The molecule has 0 spiro atoms. The monoisotopic (exact) mass is 327 g/mol. The molecule has 122 valence electrons. The van der Waals surface area contributed by atoms with Crippen molar-refractivity contribution in [1.82, 2.24) is 14.9 Å². The smallest absolute Gasteiger partial charge is 0.0795 e.